The number of carbonyl (C=O) groups is 2. The average molecular weight is 588 g/mol. The number of anilines is 1. The van der Waals surface area contributed by atoms with Crippen LogP contribution < -0.4 is 16.1 Å². The molecule has 0 saturated carbocycles. The van der Waals surface area contributed by atoms with Gasteiger partial charge in [-0.15, -0.1) is 11.3 Å². The Morgan fingerprint density at radius 2 is 2.00 bits per heavy atom. The van der Waals surface area contributed by atoms with E-state index in [0.717, 1.165) is 65.4 Å². The molecule has 1 saturated heterocycles. The van der Waals surface area contributed by atoms with E-state index in [1.807, 2.05) is 37.4 Å². The molecule has 42 heavy (non-hydrogen) atoms. The van der Waals surface area contributed by atoms with Gasteiger partial charge in [0.1, 0.15) is 16.4 Å². The summed E-state index contributed by atoms with van der Waals surface area (Å²) in [5, 5.41) is 8.72. The van der Waals surface area contributed by atoms with E-state index in [0.29, 0.717) is 23.7 Å². The molecule has 220 valence electrons. The molecular formula is C31H37N7O3S. The number of fused-ring (bicyclic) bond motifs is 1. The minimum atomic E-state index is -0.340. The summed E-state index contributed by atoms with van der Waals surface area (Å²) in [7, 11) is 5.45. The average Bonchev–Trinajstić information content (AvgIpc) is 3.40. The van der Waals surface area contributed by atoms with Crippen molar-refractivity contribution in [2.24, 2.45) is 5.92 Å². The van der Waals surface area contributed by atoms with Crippen LogP contribution in [0.4, 0.5) is 10.6 Å². The molecule has 5 rings (SSSR count). The van der Waals surface area contributed by atoms with Gasteiger partial charge in [-0.05, 0) is 70.0 Å². The number of urea groups is 1. The Bertz CT molecular complexity index is 1690. The number of pyridine rings is 2. The van der Waals surface area contributed by atoms with E-state index in [1.165, 1.54) is 16.2 Å². The molecule has 2 N–H and O–H groups in total. The van der Waals surface area contributed by atoms with Crippen molar-refractivity contribution in [1.82, 2.24) is 29.7 Å². The second kappa shape index (κ2) is 12.4. The van der Waals surface area contributed by atoms with Gasteiger partial charge in [-0.25, -0.2) is 14.8 Å². The third-order valence-corrected chi connectivity index (χ3v) is 8.53. The van der Waals surface area contributed by atoms with Crippen LogP contribution in [0, 0.1) is 12.8 Å². The van der Waals surface area contributed by atoms with Crippen molar-refractivity contribution in [2.45, 2.75) is 33.2 Å². The number of hydrogen-bond acceptors (Lipinski definition) is 7. The first kappa shape index (κ1) is 29.4. The van der Waals surface area contributed by atoms with Crippen molar-refractivity contribution in [3.63, 3.8) is 0 Å². The first-order valence-corrected chi connectivity index (χ1v) is 15.1. The standard InChI is InChI=1S/C31H37N7O3S/c1-6-32-31(41)35-27-13-22(29-34-19(2)18-42-29)24(14-33-27)21-9-10-26-23(12-21)28(39)25(30(40)36(3)4)17-38(26)16-20-8-7-11-37(5)15-20/h9-10,12-14,17-18,20H,6-8,11,15-16H2,1-5H3,(H2,32,33,35,41). The molecule has 0 radical (unpaired) electrons. The monoisotopic (exact) mass is 587 g/mol. The van der Waals surface area contributed by atoms with Crippen LogP contribution in [0.2, 0.25) is 0 Å². The Labute approximate surface area is 249 Å². The summed E-state index contributed by atoms with van der Waals surface area (Å²) in [5.74, 6) is 0.501. The molecule has 3 amide bonds. The molecule has 10 nitrogen and oxygen atoms in total. The SMILES string of the molecule is CCNC(=O)Nc1cc(-c2nc(C)cs2)c(-c2ccc3c(c2)c(=O)c(C(=O)N(C)C)cn3CC2CCCN(C)C2)cn1. The van der Waals surface area contributed by atoms with Gasteiger partial charge in [0.2, 0.25) is 5.43 Å². The number of aryl methyl sites for hydroxylation is 1. The van der Waals surface area contributed by atoms with Crippen LogP contribution >= 0.6 is 11.3 Å². The normalized spacial score (nSPS) is 15.5. The molecule has 4 aromatic rings. The first-order chi connectivity index (χ1) is 20.1. The number of carbonyl (C=O) groups excluding carboxylic acids is 2. The molecule has 0 bridgehead atoms. The van der Waals surface area contributed by atoms with Crippen molar-refractivity contribution in [1.29, 1.82) is 0 Å². The predicted octanol–water partition coefficient (Wildman–Crippen LogP) is 4.68. The number of thiazole rings is 1. The zero-order valence-electron chi connectivity index (χ0n) is 24.7. The maximum Gasteiger partial charge on any atom is 0.320 e. The Hall–Kier alpha value is -4.09. The Balaban J connectivity index is 1.65. The fraction of sp³-hybridized carbons (Fsp3) is 0.387. The summed E-state index contributed by atoms with van der Waals surface area (Å²) in [4.78, 5) is 52.1. The number of rotatable bonds is 7. The van der Waals surface area contributed by atoms with Crippen molar-refractivity contribution in [2.75, 3.05) is 46.1 Å². The van der Waals surface area contributed by atoms with E-state index in [4.69, 9.17) is 0 Å². The molecule has 11 heteroatoms. The minimum Gasteiger partial charge on any atom is -0.346 e. The maximum atomic E-state index is 13.8. The van der Waals surface area contributed by atoms with Crippen LogP contribution in [0.25, 0.3) is 32.6 Å². The van der Waals surface area contributed by atoms with Gasteiger partial charge < -0.3 is 19.7 Å². The third kappa shape index (κ3) is 6.22. The molecule has 1 atom stereocenters. The number of nitrogens with one attached hydrogen (secondary N) is 2. The molecule has 4 heterocycles. The molecular weight excluding hydrogens is 550 g/mol. The Kier molecular flexibility index (Phi) is 8.69. The van der Waals surface area contributed by atoms with E-state index in [1.54, 1.807) is 32.6 Å². The topological polar surface area (TPSA) is 112 Å². The van der Waals surface area contributed by atoms with Crippen molar-refractivity contribution in [3.8, 4) is 21.7 Å². The lowest BCUT2D eigenvalue weighted by Crippen LogP contribution is -2.35. The Morgan fingerprint density at radius 3 is 2.69 bits per heavy atom. The molecule has 1 unspecified atom stereocenters. The number of benzene rings is 1. The molecule has 3 aromatic heterocycles. The minimum absolute atomic E-state index is 0.157. The summed E-state index contributed by atoms with van der Waals surface area (Å²) in [6, 6.07) is 7.26. The number of aromatic nitrogens is 3. The highest BCUT2D eigenvalue weighted by molar-refractivity contribution is 7.13. The molecule has 0 aliphatic carbocycles. The fourth-order valence-electron chi connectivity index (χ4n) is 5.54. The zero-order chi connectivity index (χ0) is 30.0. The zero-order valence-corrected chi connectivity index (χ0v) is 25.5. The summed E-state index contributed by atoms with van der Waals surface area (Å²) < 4.78 is 2.07. The van der Waals surface area contributed by atoms with Gasteiger partial charge in [0.25, 0.3) is 5.91 Å². The Morgan fingerprint density at radius 1 is 1.19 bits per heavy atom. The number of hydrogen-bond donors (Lipinski definition) is 2. The van der Waals surface area contributed by atoms with Gasteiger partial charge in [-0.3, -0.25) is 14.9 Å². The van der Waals surface area contributed by atoms with Crippen LogP contribution in [0.15, 0.2) is 46.8 Å². The predicted molar refractivity (Wildman–Crippen MR) is 168 cm³/mol. The highest BCUT2D eigenvalue weighted by Crippen LogP contribution is 2.36. The second-order valence-corrected chi connectivity index (χ2v) is 12.0. The summed E-state index contributed by atoms with van der Waals surface area (Å²) in [5.41, 5.74) is 3.88. The van der Waals surface area contributed by atoms with E-state index >= 15 is 0 Å². The largest absolute Gasteiger partial charge is 0.346 e. The number of piperidine rings is 1. The quantitative estimate of drug-likeness (QED) is 0.325. The van der Waals surface area contributed by atoms with Gasteiger partial charge in [0, 0.05) is 73.7 Å². The maximum absolute atomic E-state index is 13.8. The van der Waals surface area contributed by atoms with Crippen LogP contribution in [0.3, 0.4) is 0 Å². The van der Waals surface area contributed by atoms with Crippen molar-refractivity contribution >= 4 is 40.0 Å². The van der Waals surface area contributed by atoms with Crippen LogP contribution in [-0.2, 0) is 6.54 Å². The van der Waals surface area contributed by atoms with Crippen LogP contribution in [0.1, 0.15) is 35.8 Å². The highest BCUT2D eigenvalue weighted by atomic mass is 32.1. The molecule has 1 aliphatic rings. The lowest BCUT2D eigenvalue weighted by Gasteiger charge is -2.30. The van der Waals surface area contributed by atoms with Gasteiger partial charge in [-0.2, -0.15) is 0 Å². The fourth-order valence-corrected chi connectivity index (χ4v) is 6.37. The van der Waals surface area contributed by atoms with Crippen molar-refractivity contribution < 1.29 is 9.59 Å². The van der Waals surface area contributed by atoms with E-state index in [2.05, 4.69) is 37.1 Å². The van der Waals surface area contributed by atoms with E-state index in [-0.39, 0.29) is 22.9 Å². The third-order valence-electron chi connectivity index (χ3n) is 7.54. The van der Waals surface area contributed by atoms with Gasteiger partial charge in [0.15, 0.2) is 0 Å². The molecule has 0 spiro atoms. The lowest BCUT2D eigenvalue weighted by atomic mass is 9.97. The number of amides is 3. The first-order valence-electron chi connectivity index (χ1n) is 14.2. The van der Waals surface area contributed by atoms with Crippen LogP contribution in [0.5, 0.6) is 0 Å². The molecule has 1 aromatic carbocycles. The molecule has 1 aliphatic heterocycles. The van der Waals surface area contributed by atoms with E-state index < -0.39 is 0 Å². The second-order valence-electron chi connectivity index (χ2n) is 11.1. The molecule has 1 fully saturated rings. The summed E-state index contributed by atoms with van der Waals surface area (Å²) in [6.45, 7) is 7.05. The number of likely N-dealkylation sites (tertiary alicyclic amines) is 1. The van der Waals surface area contributed by atoms with Gasteiger partial charge >= 0.3 is 6.03 Å². The van der Waals surface area contributed by atoms with Crippen molar-refractivity contribution in [3.05, 3.63) is 63.5 Å². The highest BCUT2D eigenvalue weighted by Gasteiger charge is 2.22. The number of nitrogens with zero attached hydrogens (tertiary/aromatic N) is 5. The summed E-state index contributed by atoms with van der Waals surface area (Å²) in [6.07, 6.45) is 5.66. The smallest absolute Gasteiger partial charge is 0.320 e. The van der Waals surface area contributed by atoms with Gasteiger partial charge in [-0.1, -0.05) is 6.07 Å². The van der Waals surface area contributed by atoms with Crippen LogP contribution in [-0.4, -0.2) is 77.1 Å². The van der Waals surface area contributed by atoms with Gasteiger partial charge in [0.05, 0.1) is 5.52 Å². The van der Waals surface area contributed by atoms with E-state index in [9.17, 15) is 14.4 Å². The lowest BCUT2D eigenvalue weighted by molar-refractivity contribution is 0.0825. The summed E-state index contributed by atoms with van der Waals surface area (Å²) >= 11 is 1.50.